The van der Waals surface area contributed by atoms with Crippen LogP contribution in [0.15, 0.2) is 54.1 Å². The van der Waals surface area contributed by atoms with Gasteiger partial charge in [0.15, 0.2) is 0 Å². The van der Waals surface area contributed by atoms with E-state index < -0.39 is 17.7 Å². The van der Waals surface area contributed by atoms with Gasteiger partial charge in [0.1, 0.15) is 17.3 Å². The molecule has 1 atom stereocenters. The number of Topliss-reactive ketones (excluding diaryl/α,β-unsaturated/α-hetero) is 1. The van der Waals surface area contributed by atoms with Crippen molar-refractivity contribution in [3.8, 4) is 11.5 Å². The third-order valence-electron chi connectivity index (χ3n) is 6.55. The molecular formula is C28H34N2O6. The van der Waals surface area contributed by atoms with Crippen molar-refractivity contribution in [1.29, 1.82) is 0 Å². The number of nitrogens with zero attached hydrogens (tertiary/aromatic N) is 2. The molecule has 0 spiro atoms. The second kappa shape index (κ2) is 12.1. The van der Waals surface area contributed by atoms with Gasteiger partial charge < -0.3 is 24.2 Å². The summed E-state index contributed by atoms with van der Waals surface area (Å²) >= 11 is 0. The minimum absolute atomic E-state index is 0.0961. The van der Waals surface area contributed by atoms with Crippen LogP contribution in [-0.2, 0) is 14.3 Å². The largest absolute Gasteiger partial charge is 0.507 e. The Morgan fingerprint density at radius 1 is 1.00 bits per heavy atom. The predicted molar refractivity (Wildman–Crippen MR) is 136 cm³/mol. The summed E-state index contributed by atoms with van der Waals surface area (Å²) < 4.78 is 16.3. The first kappa shape index (κ1) is 25.7. The van der Waals surface area contributed by atoms with Gasteiger partial charge in [0.25, 0.3) is 11.7 Å². The molecule has 0 aliphatic carbocycles. The minimum atomic E-state index is -0.683. The van der Waals surface area contributed by atoms with Crippen LogP contribution in [0.1, 0.15) is 36.9 Å². The number of amides is 1. The van der Waals surface area contributed by atoms with Gasteiger partial charge in [-0.15, -0.1) is 0 Å². The molecule has 2 aromatic rings. The van der Waals surface area contributed by atoms with E-state index in [1.54, 1.807) is 36.3 Å². The fourth-order valence-corrected chi connectivity index (χ4v) is 4.62. The number of rotatable bonds is 10. The zero-order chi connectivity index (χ0) is 25.5. The molecule has 0 unspecified atom stereocenters. The molecule has 2 heterocycles. The van der Waals surface area contributed by atoms with Crippen LogP contribution in [0.3, 0.4) is 0 Å². The number of ether oxygens (including phenoxy) is 3. The third-order valence-corrected chi connectivity index (χ3v) is 6.55. The number of likely N-dealkylation sites (tertiary alicyclic amines) is 1. The third kappa shape index (κ3) is 5.71. The van der Waals surface area contributed by atoms with E-state index in [-0.39, 0.29) is 11.3 Å². The molecule has 2 aromatic carbocycles. The Balaban J connectivity index is 1.65. The maximum Gasteiger partial charge on any atom is 0.295 e. The van der Waals surface area contributed by atoms with E-state index in [0.29, 0.717) is 44.1 Å². The second-order valence-electron chi connectivity index (χ2n) is 8.95. The van der Waals surface area contributed by atoms with Crippen LogP contribution in [-0.4, -0.2) is 79.7 Å². The van der Waals surface area contributed by atoms with Crippen LogP contribution >= 0.6 is 0 Å². The molecular weight excluding hydrogens is 460 g/mol. The Kier molecular flexibility index (Phi) is 8.61. The summed E-state index contributed by atoms with van der Waals surface area (Å²) in [5.41, 5.74) is 1.30. The van der Waals surface area contributed by atoms with Crippen molar-refractivity contribution < 1.29 is 28.9 Å². The number of carbonyl (C=O) groups is 2. The average Bonchev–Trinajstić information content (AvgIpc) is 3.17. The van der Waals surface area contributed by atoms with E-state index in [4.69, 9.17) is 14.2 Å². The number of carbonyl (C=O) groups excluding carboxylic acids is 2. The molecule has 0 bridgehead atoms. The number of aliphatic hydroxyl groups is 1. The highest BCUT2D eigenvalue weighted by molar-refractivity contribution is 6.46. The molecule has 8 heteroatoms. The van der Waals surface area contributed by atoms with E-state index >= 15 is 0 Å². The van der Waals surface area contributed by atoms with E-state index in [9.17, 15) is 14.7 Å². The molecule has 2 aliphatic rings. The van der Waals surface area contributed by atoms with Crippen molar-refractivity contribution in [2.75, 3.05) is 53.1 Å². The Morgan fingerprint density at radius 2 is 1.67 bits per heavy atom. The predicted octanol–water partition coefficient (Wildman–Crippen LogP) is 3.63. The lowest BCUT2D eigenvalue weighted by atomic mass is 9.95. The van der Waals surface area contributed by atoms with E-state index in [0.717, 1.165) is 37.4 Å². The van der Waals surface area contributed by atoms with Crippen LogP contribution < -0.4 is 9.47 Å². The highest BCUT2D eigenvalue weighted by Crippen LogP contribution is 2.40. The Morgan fingerprint density at radius 3 is 2.31 bits per heavy atom. The van der Waals surface area contributed by atoms with Gasteiger partial charge in [-0.2, -0.15) is 0 Å². The SMILES string of the molecule is CCCOc1ccc([C@H]2/C(=C(\O)c3ccc(OC)cc3)C(=O)C(=O)N2CCCN2CCOCC2)cc1. The Bertz CT molecular complexity index is 1070. The summed E-state index contributed by atoms with van der Waals surface area (Å²) in [5.74, 6) is -0.105. The van der Waals surface area contributed by atoms with Gasteiger partial charge >= 0.3 is 0 Å². The fourth-order valence-electron chi connectivity index (χ4n) is 4.62. The number of ketones is 1. The smallest absolute Gasteiger partial charge is 0.295 e. The van der Waals surface area contributed by atoms with Crippen LogP contribution in [0.4, 0.5) is 0 Å². The van der Waals surface area contributed by atoms with Gasteiger partial charge in [0.05, 0.1) is 38.5 Å². The lowest BCUT2D eigenvalue weighted by molar-refractivity contribution is -0.140. The van der Waals surface area contributed by atoms with Gasteiger partial charge in [-0.25, -0.2) is 0 Å². The first-order valence-electron chi connectivity index (χ1n) is 12.5. The number of hydrogen-bond donors (Lipinski definition) is 1. The van der Waals surface area contributed by atoms with Gasteiger partial charge in [-0.3, -0.25) is 14.5 Å². The summed E-state index contributed by atoms with van der Waals surface area (Å²) in [4.78, 5) is 30.3. The van der Waals surface area contributed by atoms with Gasteiger partial charge in [-0.1, -0.05) is 19.1 Å². The van der Waals surface area contributed by atoms with E-state index in [2.05, 4.69) is 4.90 Å². The fraction of sp³-hybridized carbons (Fsp3) is 0.429. The molecule has 2 saturated heterocycles. The molecule has 1 amide bonds. The van der Waals surface area contributed by atoms with E-state index in [1.807, 2.05) is 31.2 Å². The zero-order valence-electron chi connectivity index (χ0n) is 20.9. The summed E-state index contributed by atoms with van der Waals surface area (Å²) in [7, 11) is 1.56. The Labute approximate surface area is 212 Å². The van der Waals surface area contributed by atoms with Gasteiger partial charge in [0, 0.05) is 31.7 Å². The molecule has 4 rings (SSSR count). The number of methoxy groups -OCH3 is 1. The minimum Gasteiger partial charge on any atom is -0.507 e. The zero-order valence-corrected chi connectivity index (χ0v) is 20.9. The maximum absolute atomic E-state index is 13.2. The summed E-state index contributed by atoms with van der Waals surface area (Å²) in [5, 5.41) is 11.2. The standard InChI is InChI=1S/C28H34N2O6/c1-3-17-36-23-11-5-20(6-12-23)25-24(26(31)21-7-9-22(34-2)10-8-21)27(32)28(33)30(25)14-4-13-29-15-18-35-19-16-29/h5-12,25,31H,3-4,13-19H2,1-2H3/b26-24+/t25-/m0/s1. The van der Waals surface area contributed by atoms with Crippen molar-refractivity contribution in [3.63, 3.8) is 0 Å². The van der Waals surface area contributed by atoms with Crippen LogP contribution in [0.25, 0.3) is 5.76 Å². The lowest BCUT2D eigenvalue weighted by Crippen LogP contribution is -2.38. The van der Waals surface area contributed by atoms with Crippen molar-refractivity contribution >= 4 is 17.4 Å². The van der Waals surface area contributed by atoms with Crippen molar-refractivity contribution in [1.82, 2.24) is 9.80 Å². The van der Waals surface area contributed by atoms with Crippen molar-refractivity contribution in [3.05, 3.63) is 65.2 Å². The first-order chi connectivity index (χ1) is 17.5. The maximum atomic E-state index is 13.2. The molecule has 2 aliphatic heterocycles. The molecule has 1 N–H and O–H groups in total. The monoisotopic (exact) mass is 494 g/mol. The molecule has 8 nitrogen and oxygen atoms in total. The van der Waals surface area contributed by atoms with Crippen LogP contribution in [0.2, 0.25) is 0 Å². The highest BCUT2D eigenvalue weighted by atomic mass is 16.5. The second-order valence-corrected chi connectivity index (χ2v) is 8.95. The topological polar surface area (TPSA) is 88.5 Å². The van der Waals surface area contributed by atoms with Crippen molar-refractivity contribution in [2.24, 2.45) is 0 Å². The van der Waals surface area contributed by atoms with Gasteiger partial charge in [-0.05, 0) is 54.8 Å². The molecule has 36 heavy (non-hydrogen) atoms. The van der Waals surface area contributed by atoms with Crippen molar-refractivity contribution in [2.45, 2.75) is 25.8 Å². The summed E-state index contributed by atoms with van der Waals surface area (Å²) in [6.07, 6.45) is 1.61. The molecule has 2 fully saturated rings. The summed E-state index contributed by atoms with van der Waals surface area (Å²) in [6, 6.07) is 13.5. The number of benzene rings is 2. The number of aliphatic hydroxyl groups excluding tert-OH is 1. The highest BCUT2D eigenvalue weighted by Gasteiger charge is 2.45. The number of morpholine rings is 1. The first-order valence-corrected chi connectivity index (χ1v) is 12.5. The number of hydrogen-bond acceptors (Lipinski definition) is 7. The molecule has 0 radical (unpaired) electrons. The van der Waals surface area contributed by atoms with E-state index in [1.165, 1.54) is 0 Å². The molecule has 192 valence electrons. The van der Waals surface area contributed by atoms with Gasteiger partial charge in [0.2, 0.25) is 0 Å². The van der Waals surface area contributed by atoms with Crippen LogP contribution in [0.5, 0.6) is 11.5 Å². The normalized spacial score (nSPS) is 20.1. The summed E-state index contributed by atoms with van der Waals surface area (Å²) in [6.45, 7) is 6.99. The average molecular weight is 495 g/mol. The molecule has 0 saturated carbocycles. The Hall–Kier alpha value is -3.36. The quantitative estimate of drug-likeness (QED) is 0.307. The van der Waals surface area contributed by atoms with Crippen LogP contribution in [0, 0.1) is 0 Å². The molecule has 0 aromatic heterocycles. The lowest BCUT2D eigenvalue weighted by Gasteiger charge is -2.29.